The average molecular weight is 431 g/mol. The molecule has 0 aliphatic rings. The molecule has 0 radical (unpaired) electrons. The summed E-state index contributed by atoms with van der Waals surface area (Å²) in [6.45, 7) is 8.93. The van der Waals surface area contributed by atoms with Crippen molar-refractivity contribution in [3.8, 4) is 11.5 Å². The van der Waals surface area contributed by atoms with Crippen LogP contribution in [-0.4, -0.2) is 19.2 Å². The SMILES string of the molecule is COc1cc(/C=N/NC(=O)c2ccc(C(C)(C)C)cc2)ccc1OCc1ccccc1C. The number of carbonyl (C=O) groups is 1. The number of hydrazone groups is 1. The first kappa shape index (κ1) is 23.1. The number of hydrogen-bond acceptors (Lipinski definition) is 4. The number of methoxy groups -OCH3 is 1. The van der Waals surface area contributed by atoms with Gasteiger partial charge < -0.3 is 9.47 Å². The van der Waals surface area contributed by atoms with E-state index in [0.29, 0.717) is 23.7 Å². The maximum absolute atomic E-state index is 12.4. The molecule has 0 unspecified atom stereocenters. The highest BCUT2D eigenvalue weighted by atomic mass is 16.5. The van der Waals surface area contributed by atoms with Gasteiger partial charge in [-0.25, -0.2) is 5.43 Å². The van der Waals surface area contributed by atoms with Crippen LogP contribution in [0.4, 0.5) is 0 Å². The van der Waals surface area contributed by atoms with E-state index in [0.717, 1.165) is 11.1 Å². The lowest BCUT2D eigenvalue weighted by Crippen LogP contribution is -2.18. The van der Waals surface area contributed by atoms with Gasteiger partial charge in [-0.2, -0.15) is 5.10 Å². The number of nitrogens with one attached hydrogen (secondary N) is 1. The van der Waals surface area contributed by atoms with Crippen LogP contribution in [0.1, 0.15) is 53.4 Å². The molecule has 0 aliphatic heterocycles. The van der Waals surface area contributed by atoms with Crippen LogP contribution < -0.4 is 14.9 Å². The predicted molar refractivity (Wildman–Crippen MR) is 129 cm³/mol. The van der Waals surface area contributed by atoms with E-state index in [9.17, 15) is 4.79 Å². The third-order valence-electron chi connectivity index (χ3n) is 5.22. The topological polar surface area (TPSA) is 59.9 Å². The average Bonchev–Trinajstić information content (AvgIpc) is 2.78. The van der Waals surface area contributed by atoms with Crippen LogP contribution in [0.5, 0.6) is 11.5 Å². The molecule has 0 saturated carbocycles. The van der Waals surface area contributed by atoms with E-state index < -0.39 is 0 Å². The summed E-state index contributed by atoms with van der Waals surface area (Å²) in [7, 11) is 1.60. The molecule has 32 heavy (non-hydrogen) atoms. The molecule has 1 N–H and O–H groups in total. The number of ether oxygens (including phenoxy) is 2. The Bertz CT molecular complexity index is 1100. The van der Waals surface area contributed by atoms with Gasteiger partial charge in [0.1, 0.15) is 6.61 Å². The van der Waals surface area contributed by atoms with Crippen molar-refractivity contribution in [2.75, 3.05) is 7.11 Å². The van der Waals surface area contributed by atoms with Crippen LogP contribution in [0.2, 0.25) is 0 Å². The fourth-order valence-electron chi connectivity index (χ4n) is 3.16. The maximum Gasteiger partial charge on any atom is 0.271 e. The number of nitrogens with zero attached hydrogens (tertiary/aromatic N) is 1. The van der Waals surface area contributed by atoms with Crippen LogP contribution in [0.3, 0.4) is 0 Å². The quantitative estimate of drug-likeness (QED) is 0.390. The molecule has 3 aromatic rings. The minimum atomic E-state index is -0.258. The fourth-order valence-corrected chi connectivity index (χ4v) is 3.16. The summed E-state index contributed by atoms with van der Waals surface area (Å²) in [4.78, 5) is 12.4. The van der Waals surface area contributed by atoms with E-state index in [1.165, 1.54) is 11.1 Å². The Hall–Kier alpha value is -3.60. The third kappa shape index (κ3) is 5.97. The molecule has 0 aliphatic carbocycles. The zero-order valence-corrected chi connectivity index (χ0v) is 19.3. The Morgan fingerprint density at radius 3 is 2.38 bits per heavy atom. The summed E-state index contributed by atoms with van der Waals surface area (Å²) in [5.41, 5.74) is 7.44. The Morgan fingerprint density at radius 1 is 1.00 bits per heavy atom. The zero-order valence-electron chi connectivity index (χ0n) is 19.3. The van der Waals surface area contributed by atoms with Crippen molar-refractivity contribution < 1.29 is 14.3 Å². The van der Waals surface area contributed by atoms with Crippen LogP contribution in [0.25, 0.3) is 0 Å². The molecule has 3 rings (SSSR count). The molecule has 166 valence electrons. The highest BCUT2D eigenvalue weighted by Gasteiger charge is 2.14. The molecule has 0 aromatic heterocycles. The van der Waals surface area contributed by atoms with Crippen molar-refractivity contribution in [2.45, 2.75) is 39.7 Å². The summed E-state index contributed by atoms with van der Waals surface area (Å²) >= 11 is 0. The van der Waals surface area contributed by atoms with Gasteiger partial charge in [-0.15, -0.1) is 0 Å². The standard InChI is InChI=1S/C27H30N2O3/c1-19-8-6-7-9-22(19)18-32-24-15-10-20(16-25(24)31-5)17-28-29-26(30)21-11-13-23(14-12-21)27(2,3)4/h6-17H,18H2,1-5H3,(H,29,30)/b28-17+. The first-order valence-corrected chi connectivity index (χ1v) is 10.6. The number of aryl methyl sites for hydroxylation is 1. The predicted octanol–water partition coefficient (Wildman–Crippen LogP) is 5.64. The van der Waals surface area contributed by atoms with Gasteiger partial charge >= 0.3 is 0 Å². The molecule has 5 heteroatoms. The van der Waals surface area contributed by atoms with E-state index in [1.54, 1.807) is 13.3 Å². The lowest BCUT2D eigenvalue weighted by molar-refractivity contribution is 0.0955. The zero-order chi connectivity index (χ0) is 23.1. The molecule has 0 spiro atoms. The number of benzene rings is 3. The van der Waals surface area contributed by atoms with E-state index in [4.69, 9.17) is 9.47 Å². The smallest absolute Gasteiger partial charge is 0.271 e. The first-order valence-electron chi connectivity index (χ1n) is 10.6. The van der Waals surface area contributed by atoms with Crippen molar-refractivity contribution in [3.05, 3.63) is 94.5 Å². The highest BCUT2D eigenvalue weighted by Crippen LogP contribution is 2.28. The van der Waals surface area contributed by atoms with Gasteiger partial charge in [0.15, 0.2) is 11.5 Å². The molecule has 0 heterocycles. The molecule has 3 aromatic carbocycles. The minimum Gasteiger partial charge on any atom is -0.493 e. The lowest BCUT2D eigenvalue weighted by Gasteiger charge is -2.18. The van der Waals surface area contributed by atoms with Crippen LogP contribution >= 0.6 is 0 Å². The van der Waals surface area contributed by atoms with Crippen molar-refractivity contribution >= 4 is 12.1 Å². The Morgan fingerprint density at radius 2 is 1.72 bits per heavy atom. The number of carbonyl (C=O) groups excluding carboxylic acids is 1. The molecule has 0 atom stereocenters. The van der Waals surface area contributed by atoms with Crippen molar-refractivity contribution in [2.24, 2.45) is 5.10 Å². The first-order chi connectivity index (χ1) is 15.3. The Labute approximate surface area is 190 Å². The van der Waals surface area contributed by atoms with Gasteiger partial charge in [-0.1, -0.05) is 57.2 Å². The van der Waals surface area contributed by atoms with Gasteiger partial charge in [-0.05, 0) is 64.9 Å². The third-order valence-corrected chi connectivity index (χ3v) is 5.22. The Balaban J connectivity index is 1.62. The normalized spacial score (nSPS) is 11.4. The van der Waals surface area contributed by atoms with E-state index in [1.807, 2.05) is 60.7 Å². The van der Waals surface area contributed by atoms with Gasteiger partial charge in [0.2, 0.25) is 0 Å². The van der Waals surface area contributed by atoms with Gasteiger partial charge in [0, 0.05) is 5.56 Å². The van der Waals surface area contributed by atoms with Gasteiger partial charge in [-0.3, -0.25) is 4.79 Å². The van der Waals surface area contributed by atoms with Crippen LogP contribution in [0, 0.1) is 6.92 Å². The number of hydrogen-bond donors (Lipinski definition) is 1. The summed E-state index contributed by atoms with van der Waals surface area (Å²) in [6, 6.07) is 21.2. The van der Waals surface area contributed by atoms with E-state index in [2.05, 4.69) is 44.3 Å². The second kappa shape index (κ2) is 10.1. The van der Waals surface area contributed by atoms with Crippen LogP contribution in [-0.2, 0) is 12.0 Å². The molecule has 0 saturated heterocycles. The van der Waals surface area contributed by atoms with Crippen molar-refractivity contribution in [1.82, 2.24) is 5.43 Å². The van der Waals surface area contributed by atoms with Crippen molar-refractivity contribution in [1.29, 1.82) is 0 Å². The molecule has 1 amide bonds. The van der Waals surface area contributed by atoms with Gasteiger partial charge in [0.25, 0.3) is 5.91 Å². The molecular weight excluding hydrogens is 400 g/mol. The number of amides is 1. The minimum absolute atomic E-state index is 0.0437. The largest absolute Gasteiger partial charge is 0.493 e. The van der Waals surface area contributed by atoms with Crippen LogP contribution in [0.15, 0.2) is 71.8 Å². The highest BCUT2D eigenvalue weighted by molar-refractivity contribution is 5.95. The second-order valence-electron chi connectivity index (χ2n) is 8.65. The number of rotatable bonds is 7. The second-order valence-corrected chi connectivity index (χ2v) is 8.65. The van der Waals surface area contributed by atoms with E-state index >= 15 is 0 Å². The summed E-state index contributed by atoms with van der Waals surface area (Å²) in [5, 5.41) is 4.08. The molecule has 5 nitrogen and oxygen atoms in total. The van der Waals surface area contributed by atoms with Gasteiger partial charge in [0.05, 0.1) is 13.3 Å². The summed E-state index contributed by atoms with van der Waals surface area (Å²) in [6.07, 6.45) is 1.58. The summed E-state index contributed by atoms with van der Waals surface area (Å²) in [5.74, 6) is 0.995. The molecule has 0 fully saturated rings. The monoisotopic (exact) mass is 430 g/mol. The lowest BCUT2D eigenvalue weighted by atomic mass is 9.87. The van der Waals surface area contributed by atoms with Crippen molar-refractivity contribution in [3.63, 3.8) is 0 Å². The van der Waals surface area contributed by atoms with E-state index in [-0.39, 0.29) is 11.3 Å². The summed E-state index contributed by atoms with van der Waals surface area (Å²) < 4.78 is 11.4. The molecule has 0 bridgehead atoms. The fraction of sp³-hybridized carbons (Fsp3) is 0.259. The maximum atomic E-state index is 12.4. The Kier molecular flexibility index (Phi) is 7.31. The molecular formula is C27H30N2O3.